The predicted molar refractivity (Wildman–Crippen MR) is 73.8 cm³/mol. The first-order valence-corrected chi connectivity index (χ1v) is 7.29. The molecule has 0 spiro atoms. The van der Waals surface area contributed by atoms with Crippen LogP contribution in [0.5, 0.6) is 0 Å². The Balaban J connectivity index is 1.92. The van der Waals surface area contributed by atoms with E-state index in [1.807, 2.05) is 0 Å². The van der Waals surface area contributed by atoms with Gasteiger partial charge < -0.3 is 5.73 Å². The monoisotopic (exact) mass is 267 g/mol. The SMILES string of the molecule is CCC1CCC(C(N)Cc2cc(F)cc(F)c2)CC1. The molecule has 2 N–H and O–H groups in total. The Hall–Kier alpha value is -0.960. The normalized spacial score (nSPS) is 25.3. The molecule has 0 radical (unpaired) electrons. The molecule has 0 aromatic heterocycles. The number of hydrogen-bond donors (Lipinski definition) is 1. The van der Waals surface area contributed by atoms with Gasteiger partial charge in [-0.25, -0.2) is 8.78 Å². The largest absolute Gasteiger partial charge is 0.327 e. The zero-order valence-electron chi connectivity index (χ0n) is 11.5. The van der Waals surface area contributed by atoms with Gasteiger partial charge in [-0.15, -0.1) is 0 Å². The molecule has 0 aliphatic heterocycles. The number of halogens is 2. The maximum absolute atomic E-state index is 13.1. The molecule has 3 heteroatoms. The van der Waals surface area contributed by atoms with E-state index >= 15 is 0 Å². The van der Waals surface area contributed by atoms with Crippen LogP contribution in [0.15, 0.2) is 18.2 Å². The maximum Gasteiger partial charge on any atom is 0.126 e. The Kier molecular flexibility index (Phi) is 4.92. The lowest BCUT2D eigenvalue weighted by molar-refractivity contribution is 0.238. The summed E-state index contributed by atoms with van der Waals surface area (Å²) >= 11 is 0. The number of nitrogens with two attached hydrogens (primary N) is 1. The van der Waals surface area contributed by atoms with Gasteiger partial charge in [-0.1, -0.05) is 26.2 Å². The van der Waals surface area contributed by atoms with Crippen molar-refractivity contribution in [2.45, 2.75) is 51.5 Å². The Morgan fingerprint density at radius 2 is 1.68 bits per heavy atom. The second-order valence-electron chi connectivity index (χ2n) is 5.83. The van der Waals surface area contributed by atoms with E-state index < -0.39 is 11.6 Å². The predicted octanol–water partition coefficient (Wildman–Crippen LogP) is 4.05. The van der Waals surface area contributed by atoms with Gasteiger partial charge in [0.05, 0.1) is 0 Å². The van der Waals surface area contributed by atoms with Crippen molar-refractivity contribution in [2.75, 3.05) is 0 Å². The summed E-state index contributed by atoms with van der Waals surface area (Å²) in [6.07, 6.45) is 6.60. The van der Waals surface area contributed by atoms with E-state index in [2.05, 4.69) is 6.92 Å². The standard InChI is InChI=1S/C16H23F2N/c1-2-11-3-5-13(6-4-11)16(19)9-12-7-14(17)10-15(18)8-12/h7-8,10-11,13,16H,2-6,9,19H2,1H3. The van der Waals surface area contributed by atoms with Crippen LogP contribution in [0.2, 0.25) is 0 Å². The molecule has 1 aromatic rings. The first kappa shape index (κ1) is 14.4. The lowest BCUT2D eigenvalue weighted by atomic mass is 9.76. The fourth-order valence-electron chi connectivity index (χ4n) is 3.19. The van der Waals surface area contributed by atoms with E-state index in [1.54, 1.807) is 0 Å². The molecule has 1 atom stereocenters. The topological polar surface area (TPSA) is 26.0 Å². The summed E-state index contributed by atoms with van der Waals surface area (Å²) in [4.78, 5) is 0. The summed E-state index contributed by atoms with van der Waals surface area (Å²) in [6.45, 7) is 2.24. The molecular weight excluding hydrogens is 244 g/mol. The zero-order valence-corrected chi connectivity index (χ0v) is 11.5. The quantitative estimate of drug-likeness (QED) is 0.875. The van der Waals surface area contributed by atoms with Crippen molar-refractivity contribution >= 4 is 0 Å². The summed E-state index contributed by atoms with van der Waals surface area (Å²) in [6, 6.07) is 3.70. The van der Waals surface area contributed by atoms with Crippen molar-refractivity contribution in [1.82, 2.24) is 0 Å². The van der Waals surface area contributed by atoms with Crippen LogP contribution in [-0.2, 0) is 6.42 Å². The van der Waals surface area contributed by atoms with Crippen molar-refractivity contribution in [3.63, 3.8) is 0 Å². The zero-order chi connectivity index (χ0) is 13.8. The second kappa shape index (κ2) is 6.47. The molecule has 1 aliphatic rings. The van der Waals surface area contributed by atoms with Gasteiger partial charge >= 0.3 is 0 Å². The summed E-state index contributed by atoms with van der Waals surface area (Å²) in [5.74, 6) is 0.304. The van der Waals surface area contributed by atoms with Crippen LogP contribution in [-0.4, -0.2) is 6.04 Å². The molecule has 19 heavy (non-hydrogen) atoms. The number of hydrogen-bond acceptors (Lipinski definition) is 1. The molecule has 1 aliphatic carbocycles. The van der Waals surface area contributed by atoms with Crippen LogP contribution in [0.1, 0.15) is 44.6 Å². The average molecular weight is 267 g/mol. The molecule has 1 saturated carbocycles. The molecule has 0 bridgehead atoms. The van der Waals surface area contributed by atoms with E-state index in [9.17, 15) is 8.78 Å². The Bertz CT molecular complexity index is 391. The summed E-state index contributed by atoms with van der Waals surface area (Å²) in [5.41, 5.74) is 6.89. The summed E-state index contributed by atoms with van der Waals surface area (Å²) in [7, 11) is 0. The number of benzene rings is 1. The van der Waals surface area contributed by atoms with Gasteiger partial charge in [0.25, 0.3) is 0 Å². The van der Waals surface area contributed by atoms with Gasteiger partial charge in [0.2, 0.25) is 0 Å². The van der Waals surface area contributed by atoms with Crippen molar-refractivity contribution in [1.29, 1.82) is 0 Å². The highest BCUT2D eigenvalue weighted by Crippen LogP contribution is 2.32. The van der Waals surface area contributed by atoms with Crippen LogP contribution in [0.4, 0.5) is 8.78 Å². The molecule has 0 heterocycles. The third kappa shape index (κ3) is 4.00. The van der Waals surface area contributed by atoms with Crippen LogP contribution in [0.3, 0.4) is 0 Å². The van der Waals surface area contributed by atoms with Gasteiger partial charge in [-0.2, -0.15) is 0 Å². The third-order valence-corrected chi connectivity index (χ3v) is 4.47. The van der Waals surface area contributed by atoms with Crippen molar-refractivity contribution in [3.8, 4) is 0 Å². The van der Waals surface area contributed by atoms with Crippen LogP contribution in [0, 0.1) is 23.5 Å². The second-order valence-corrected chi connectivity index (χ2v) is 5.83. The molecule has 0 saturated heterocycles. The minimum Gasteiger partial charge on any atom is -0.327 e. The van der Waals surface area contributed by atoms with Crippen molar-refractivity contribution in [3.05, 3.63) is 35.4 Å². The molecule has 1 unspecified atom stereocenters. The lowest BCUT2D eigenvalue weighted by Crippen LogP contribution is -2.34. The minimum absolute atomic E-state index is 0.0130. The van der Waals surface area contributed by atoms with Crippen LogP contribution in [0.25, 0.3) is 0 Å². The Labute approximate surface area is 114 Å². The Morgan fingerprint density at radius 1 is 1.11 bits per heavy atom. The van der Waals surface area contributed by atoms with E-state index in [0.29, 0.717) is 17.9 Å². The van der Waals surface area contributed by atoms with E-state index in [4.69, 9.17) is 5.73 Å². The smallest absolute Gasteiger partial charge is 0.126 e. The first-order chi connectivity index (χ1) is 9.08. The average Bonchev–Trinajstić information content (AvgIpc) is 2.37. The highest BCUT2D eigenvalue weighted by molar-refractivity contribution is 5.19. The van der Waals surface area contributed by atoms with Crippen LogP contribution >= 0.6 is 0 Å². The fourth-order valence-corrected chi connectivity index (χ4v) is 3.19. The molecule has 106 valence electrons. The summed E-state index contributed by atoms with van der Waals surface area (Å²) in [5, 5.41) is 0. The fraction of sp³-hybridized carbons (Fsp3) is 0.625. The first-order valence-electron chi connectivity index (χ1n) is 7.29. The van der Waals surface area contributed by atoms with Crippen LogP contribution < -0.4 is 5.73 Å². The minimum atomic E-state index is -0.517. The van der Waals surface area contributed by atoms with E-state index in [1.165, 1.54) is 31.4 Å². The van der Waals surface area contributed by atoms with Gasteiger partial charge in [0.15, 0.2) is 0 Å². The highest BCUT2D eigenvalue weighted by Gasteiger charge is 2.25. The van der Waals surface area contributed by atoms with Gasteiger partial charge in [0, 0.05) is 12.1 Å². The van der Waals surface area contributed by atoms with Crippen molar-refractivity contribution in [2.24, 2.45) is 17.6 Å². The van der Waals surface area contributed by atoms with Gasteiger partial charge in [0.1, 0.15) is 11.6 Å². The molecule has 2 rings (SSSR count). The maximum atomic E-state index is 13.1. The molecular formula is C16H23F2N. The summed E-state index contributed by atoms with van der Waals surface area (Å²) < 4.78 is 26.3. The van der Waals surface area contributed by atoms with E-state index in [0.717, 1.165) is 24.8 Å². The number of rotatable bonds is 4. The van der Waals surface area contributed by atoms with Gasteiger partial charge in [-0.05, 0) is 48.8 Å². The van der Waals surface area contributed by atoms with Crippen molar-refractivity contribution < 1.29 is 8.78 Å². The van der Waals surface area contributed by atoms with Gasteiger partial charge in [-0.3, -0.25) is 0 Å². The van der Waals surface area contributed by atoms with E-state index in [-0.39, 0.29) is 6.04 Å². The molecule has 1 aromatic carbocycles. The highest BCUT2D eigenvalue weighted by atomic mass is 19.1. The Morgan fingerprint density at radius 3 is 2.21 bits per heavy atom. The lowest BCUT2D eigenvalue weighted by Gasteiger charge is -2.31. The molecule has 1 fully saturated rings. The molecule has 0 amide bonds. The third-order valence-electron chi connectivity index (χ3n) is 4.47. The molecule has 1 nitrogen and oxygen atoms in total.